The normalized spacial score (nSPS) is 20.0. The second kappa shape index (κ2) is 4.56. The summed E-state index contributed by atoms with van der Waals surface area (Å²) < 4.78 is 6.23. The molecule has 1 saturated heterocycles. The van der Waals surface area contributed by atoms with E-state index in [4.69, 9.17) is 4.43 Å². The first-order valence-electron chi connectivity index (χ1n) is 6.33. The minimum Gasteiger partial charge on any atom is -0.410 e. The summed E-state index contributed by atoms with van der Waals surface area (Å²) in [6.45, 7) is 12.2. The van der Waals surface area contributed by atoms with Gasteiger partial charge in [-0.25, -0.2) is 0 Å². The zero-order valence-electron chi connectivity index (χ0n) is 11.4. The SMILES string of the molecule is CC1(O[Si](C)(C)C)CN(Cc2ccccc2)C1. The summed E-state index contributed by atoms with van der Waals surface area (Å²) in [5.74, 6) is 0. The van der Waals surface area contributed by atoms with E-state index in [1.165, 1.54) is 5.56 Å². The van der Waals surface area contributed by atoms with Gasteiger partial charge in [0.25, 0.3) is 0 Å². The minimum atomic E-state index is -1.41. The predicted molar refractivity (Wildman–Crippen MR) is 74.6 cm³/mol. The third kappa shape index (κ3) is 3.66. The lowest BCUT2D eigenvalue weighted by molar-refractivity contribution is -0.0732. The molecule has 0 bridgehead atoms. The van der Waals surface area contributed by atoms with Crippen LogP contribution in [0.25, 0.3) is 0 Å². The van der Waals surface area contributed by atoms with E-state index < -0.39 is 8.32 Å². The van der Waals surface area contributed by atoms with Gasteiger partial charge in [0, 0.05) is 19.6 Å². The van der Waals surface area contributed by atoms with Gasteiger partial charge in [0.1, 0.15) is 0 Å². The summed E-state index contributed by atoms with van der Waals surface area (Å²) in [7, 11) is -1.41. The van der Waals surface area contributed by atoms with Gasteiger partial charge < -0.3 is 4.43 Å². The Hall–Kier alpha value is -0.643. The lowest BCUT2D eigenvalue weighted by atomic mass is 9.96. The number of rotatable bonds is 4. The lowest BCUT2D eigenvalue weighted by Gasteiger charge is -2.50. The third-order valence-corrected chi connectivity index (χ3v) is 4.02. The van der Waals surface area contributed by atoms with Crippen molar-refractivity contribution < 1.29 is 4.43 Å². The van der Waals surface area contributed by atoms with E-state index in [0.29, 0.717) is 0 Å². The van der Waals surface area contributed by atoms with Crippen LogP contribution in [-0.4, -0.2) is 31.9 Å². The Bertz CT molecular complexity index is 366. The van der Waals surface area contributed by atoms with Crippen molar-refractivity contribution in [3.05, 3.63) is 35.9 Å². The molecule has 1 aromatic carbocycles. The van der Waals surface area contributed by atoms with Crippen LogP contribution in [0.3, 0.4) is 0 Å². The predicted octanol–water partition coefficient (Wildman–Crippen LogP) is 3.11. The van der Waals surface area contributed by atoms with Gasteiger partial charge in [-0.1, -0.05) is 30.3 Å². The van der Waals surface area contributed by atoms with E-state index in [-0.39, 0.29) is 5.60 Å². The summed E-state index contributed by atoms with van der Waals surface area (Å²) in [6.07, 6.45) is 0. The topological polar surface area (TPSA) is 12.5 Å². The van der Waals surface area contributed by atoms with E-state index in [1.807, 2.05) is 0 Å². The Kier molecular flexibility index (Phi) is 3.43. The van der Waals surface area contributed by atoms with Gasteiger partial charge in [-0.15, -0.1) is 0 Å². The fraction of sp³-hybridized carbons (Fsp3) is 0.571. The van der Waals surface area contributed by atoms with E-state index in [0.717, 1.165) is 19.6 Å². The zero-order chi connectivity index (χ0) is 12.5. The molecule has 0 saturated carbocycles. The van der Waals surface area contributed by atoms with Gasteiger partial charge >= 0.3 is 0 Å². The molecular formula is C14H23NOSi. The maximum atomic E-state index is 6.23. The first kappa shape index (κ1) is 12.8. The van der Waals surface area contributed by atoms with Crippen LogP contribution in [0.15, 0.2) is 30.3 Å². The molecule has 2 rings (SSSR count). The Morgan fingerprint density at radius 1 is 1.18 bits per heavy atom. The highest BCUT2D eigenvalue weighted by atomic mass is 28.4. The van der Waals surface area contributed by atoms with Crippen LogP contribution in [-0.2, 0) is 11.0 Å². The Morgan fingerprint density at radius 2 is 1.76 bits per heavy atom. The van der Waals surface area contributed by atoms with Crippen LogP contribution in [0.5, 0.6) is 0 Å². The monoisotopic (exact) mass is 249 g/mol. The maximum Gasteiger partial charge on any atom is 0.184 e. The molecule has 1 fully saturated rings. The second-order valence-corrected chi connectivity index (χ2v) is 10.7. The molecule has 0 spiro atoms. The molecule has 1 aliphatic heterocycles. The van der Waals surface area contributed by atoms with Crippen molar-refractivity contribution in [3.63, 3.8) is 0 Å². The number of nitrogens with zero attached hydrogens (tertiary/aromatic N) is 1. The Morgan fingerprint density at radius 3 is 2.29 bits per heavy atom. The van der Waals surface area contributed by atoms with Crippen molar-refractivity contribution >= 4 is 8.32 Å². The number of benzene rings is 1. The van der Waals surface area contributed by atoms with E-state index in [1.54, 1.807) is 0 Å². The van der Waals surface area contributed by atoms with Crippen molar-refractivity contribution in [3.8, 4) is 0 Å². The van der Waals surface area contributed by atoms with Gasteiger partial charge in [0.05, 0.1) is 5.60 Å². The van der Waals surface area contributed by atoms with Crippen molar-refractivity contribution in [2.24, 2.45) is 0 Å². The molecular weight excluding hydrogens is 226 g/mol. The molecule has 0 unspecified atom stereocenters. The quantitative estimate of drug-likeness (QED) is 0.760. The molecule has 2 nitrogen and oxygen atoms in total. The zero-order valence-corrected chi connectivity index (χ0v) is 12.4. The summed E-state index contributed by atoms with van der Waals surface area (Å²) in [6, 6.07) is 10.7. The van der Waals surface area contributed by atoms with Crippen LogP contribution < -0.4 is 0 Å². The van der Waals surface area contributed by atoms with Crippen molar-refractivity contribution in [1.82, 2.24) is 4.90 Å². The van der Waals surface area contributed by atoms with Crippen LogP contribution >= 0.6 is 0 Å². The van der Waals surface area contributed by atoms with E-state index in [9.17, 15) is 0 Å². The lowest BCUT2D eigenvalue weighted by Crippen LogP contribution is -2.63. The smallest absolute Gasteiger partial charge is 0.184 e. The van der Waals surface area contributed by atoms with E-state index in [2.05, 4.69) is 61.8 Å². The average Bonchev–Trinajstić information content (AvgIpc) is 2.14. The van der Waals surface area contributed by atoms with Crippen LogP contribution in [0.2, 0.25) is 19.6 Å². The fourth-order valence-corrected chi connectivity index (χ4v) is 4.26. The minimum absolute atomic E-state index is 0.0965. The van der Waals surface area contributed by atoms with Crippen molar-refractivity contribution in [2.75, 3.05) is 13.1 Å². The summed E-state index contributed by atoms with van der Waals surface area (Å²) >= 11 is 0. The molecule has 1 heterocycles. The maximum absolute atomic E-state index is 6.23. The fourth-order valence-electron chi connectivity index (χ4n) is 2.66. The standard InChI is InChI=1S/C14H23NOSi/c1-14(16-17(2,3)4)11-15(12-14)10-13-8-6-5-7-9-13/h5-9H,10-12H2,1-4H3. The molecule has 1 aromatic rings. The molecule has 0 aliphatic carbocycles. The summed E-state index contributed by atoms with van der Waals surface area (Å²) in [5.41, 5.74) is 1.49. The molecule has 94 valence electrons. The highest BCUT2D eigenvalue weighted by molar-refractivity contribution is 6.69. The van der Waals surface area contributed by atoms with Crippen LogP contribution in [0, 0.1) is 0 Å². The number of hydrogen-bond acceptors (Lipinski definition) is 2. The Balaban J connectivity index is 1.83. The summed E-state index contributed by atoms with van der Waals surface area (Å²) in [5, 5.41) is 0. The first-order chi connectivity index (χ1) is 7.86. The Labute approximate surface area is 106 Å². The highest BCUT2D eigenvalue weighted by Gasteiger charge is 2.42. The molecule has 1 aliphatic rings. The van der Waals surface area contributed by atoms with Gasteiger partial charge in [-0.3, -0.25) is 4.90 Å². The van der Waals surface area contributed by atoms with E-state index >= 15 is 0 Å². The largest absolute Gasteiger partial charge is 0.410 e. The molecule has 0 amide bonds. The highest BCUT2D eigenvalue weighted by Crippen LogP contribution is 2.29. The molecule has 0 N–H and O–H groups in total. The van der Waals surface area contributed by atoms with Gasteiger partial charge in [-0.05, 0) is 32.1 Å². The third-order valence-electron chi connectivity index (χ3n) is 2.92. The first-order valence-corrected chi connectivity index (χ1v) is 9.74. The summed E-state index contributed by atoms with van der Waals surface area (Å²) in [4.78, 5) is 2.45. The van der Waals surface area contributed by atoms with Crippen molar-refractivity contribution in [2.45, 2.75) is 38.7 Å². The van der Waals surface area contributed by atoms with Gasteiger partial charge in [0.15, 0.2) is 8.32 Å². The molecule has 0 radical (unpaired) electrons. The van der Waals surface area contributed by atoms with Gasteiger partial charge in [0.2, 0.25) is 0 Å². The van der Waals surface area contributed by atoms with Crippen LogP contribution in [0.4, 0.5) is 0 Å². The molecule has 3 heteroatoms. The number of likely N-dealkylation sites (tertiary alicyclic amines) is 1. The second-order valence-electron chi connectivity index (χ2n) is 6.30. The molecule has 0 atom stereocenters. The molecule has 17 heavy (non-hydrogen) atoms. The van der Waals surface area contributed by atoms with Crippen LogP contribution in [0.1, 0.15) is 12.5 Å². The number of hydrogen-bond donors (Lipinski definition) is 0. The van der Waals surface area contributed by atoms with Gasteiger partial charge in [-0.2, -0.15) is 0 Å². The average molecular weight is 249 g/mol. The molecule has 0 aromatic heterocycles. The van der Waals surface area contributed by atoms with Crippen molar-refractivity contribution in [1.29, 1.82) is 0 Å².